The molecule has 0 N–H and O–H groups in total. The molecule has 3 heteroatoms. The summed E-state index contributed by atoms with van der Waals surface area (Å²) in [4.78, 5) is 13.6. The quantitative estimate of drug-likeness (QED) is 0.687. The minimum absolute atomic E-state index is 0.226. The zero-order valence-corrected chi connectivity index (χ0v) is 11.5. The average Bonchev–Trinajstić information content (AvgIpc) is 2.14. The molecule has 0 saturated heterocycles. The van der Waals surface area contributed by atoms with Gasteiger partial charge >= 0.3 is 6.09 Å². The Bertz CT molecular complexity index is 251. The summed E-state index contributed by atoms with van der Waals surface area (Å²) in [7, 11) is 0. The summed E-state index contributed by atoms with van der Waals surface area (Å²) in [5.41, 5.74) is 0.756. The third-order valence-corrected chi connectivity index (χ3v) is 2.08. The molecule has 0 heterocycles. The van der Waals surface area contributed by atoms with Crippen LogP contribution in [0.5, 0.6) is 0 Å². The highest BCUT2D eigenvalue weighted by atomic mass is 16.6. The largest absolute Gasteiger partial charge is 0.444 e. The number of nitrogens with zero attached hydrogens (tertiary/aromatic N) is 1. The molecule has 0 aliphatic heterocycles. The Morgan fingerprint density at radius 2 is 1.94 bits per heavy atom. The van der Waals surface area contributed by atoms with Crippen LogP contribution >= 0.6 is 0 Å². The minimum Gasteiger partial charge on any atom is -0.444 e. The van der Waals surface area contributed by atoms with E-state index >= 15 is 0 Å². The molecule has 0 saturated carbocycles. The molecule has 0 fully saturated rings. The second kappa shape index (κ2) is 6.56. The van der Waals surface area contributed by atoms with Crippen molar-refractivity contribution in [1.29, 1.82) is 0 Å². The molecule has 0 radical (unpaired) electrons. The van der Waals surface area contributed by atoms with Gasteiger partial charge in [-0.1, -0.05) is 18.6 Å². The molecule has 16 heavy (non-hydrogen) atoms. The van der Waals surface area contributed by atoms with Gasteiger partial charge in [-0.05, 0) is 41.0 Å². The minimum atomic E-state index is -0.424. The van der Waals surface area contributed by atoms with Crippen molar-refractivity contribution in [2.75, 3.05) is 13.1 Å². The molecule has 0 aromatic carbocycles. The zero-order chi connectivity index (χ0) is 12.8. The molecule has 94 valence electrons. The molecule has 0 aliphatic rings. The first-order chi connectivity index (χ1) is 7.30. The Hall–Kier alpha value is -0.990. The zero-order valence-electron chi connectivity index (χ0n) is 11.5. The predicted molar refractivity (Wildman–Crippen MR) is 67.5 cm³/mol. The lowest BCUT2D eigenvalue weighted by Gasteiger charge is -2.27. The molecule has 1 amide bonds. The van der Waals surface area contributed by atoms with E-state index in [0.717, 1.165) is 13.0 Å². The van der Waals surface area contributed by atoms with Crippen LogP contribution in [0.1, 0.15) is 48.0 Å². The number of carbonyl (C=O) groups is 1. The number of amides is 1. The number of rotatable bonds is 4. The van der Waals surface area contributed by atoms with Gasteiger partial charge in [-0.25, -0.2) is 4.79 Å². The maximum atomic E-state index is 11.9. The lowest BCUT2D eigenvalue weighted by Crippen LogP contribution is -2.38. The molecule has 0 unspecified atom stereocenters. The van der Waals surface area contributed by atoms with Crippen LogP contribution in [0.4, 0.5) is 4.79 Å². The normalized spacial score (nSPS) is 12.5. The van der Waals surface area contributed by atoms with Crippen LogP contribution in [-0.2, 0) is 4.74 Å². The SMILES string of the molecule is C/C=C(\C)CN(CCC)C(=O)OC(C)(C)C. The van der Waals surface area contributed by atoms with Gasteiger partial charge in [-0.15, -0.1) is 0 Å². The Morgan fingerprint density at radius 3 is 2.31 bits per heavy atom. The first-order valence-electron chi connectivity index (χ1n) is 5.90. The highest BCUT2D eigenvalue weighted by Gasteiger charge is 2.21. The summed E-state index contributed by atoms with van der Waals surface area (Å²) in [6.07, 6.45) is 2.74. The molecule has 0 aliphatic carbocycles. The Balaban J connectivity index is 4.47. The number of hydrogen-bond acceptors (Lipinski definition) is 2. The third-order valence-electron chi connectivity index (χ3n) is 2.08. The van der Waals surface area contributed by atoms with Crippen molar-refractivity contribution in [2.24, 2.45) is 0 Å². The van der Waals surface area contributed by atoms with Crippen LogP contribution in [0.15, 0.2) is 11.6 Å². The Kier molecular flexibility index (Phi) is 6.16. The molecule has 0 aromatic rings. The summed E-state index contributed by atoms with van der Waals surface area (Å²) in [5.74, 6) is 0. The van der Waals surface area contributed by atoms with Gasteiger partial charge in [0.05, 0.1) is 0 Å². The predicted octanol–water partition coefficient (Wildman–Crippen LogP) is 3.60. The second-order valence-electron chi connectivity index (χ2n) is 5.04. The van der Waals surface area contributed by atoms with Gasteiger partial charge in [-0.3, -0.25) is 0 Å². The highest BCUT2D eigenvalue weighted by Crippen LogP contribution is 2.11. The van der Waals surface area contributed by atoms with Gasteiger partial charge in [-0.2, -0.15) is 0 Å². The van der Waals surface area contributed by atoms with Crippen LogP contribution < -0.4 is 0 Å². The Morgan fingerprint density at radius 1 is 1.38 bits per heavy atom. The molecule has 0 bridgehead atoms. The third kappa shape index (κ3) is 6.49. The Labute approximate surface area is 99.5 Å². The van der Waals surface area contributed by atoms with E-state index in [-0.39, 0.29) is 6.09 Å². The summed E-state index contributed by atoms with van der Waals surface area (Å²) >= 11 is 0. The molecule has 0 spiro atoms. The first-order valence-corrected chi connectivity index (χ1v) is 5.90. The van der Waals surface area contributed by atoms with Crippen LogP contribution in [-0.4, -0.2) is 29.7 Å². The molecule has 0 rings (SSSR count). The van der Waals surface area contributed by atoms with Crippen molar-refractivity contribution in [3.05, 3.63) is 11.6 Å². The summed E-state index contributed by atoms with van der Waals surface area (Å²) in [6, 6.07) is 0. The van der Waals surface area contributed by atoms with E-state index in [2.05, 4.69) is 6.92 Å². The van der Waals surface area contributed by atoms with E-state index in [4.69, 9.17) is 4.74 Å². The van der Waals surface area contributed by atoms with Crippen molar-refractivity contribution in [3.8, 4) is 0 Å². The molecule has 0 atom stereocenters. The van der Waals surface area contributed by atoms with E-state index in [1.165, 1.54) is 5.57 Å². The fourth-order valence-corrected chi connectivity index (χ4v) is 1.22. The monoisotopic (exact) mass is 227 g/mol. The standard InChI is InChI=1S/C13H25NO2/c1-7-9-14(10-11(3)8-2)12(15)16-13(4,5)6/h8H,7,9-10H2,1-6H3/b11-8+. The fourth-order valence-electron chi connectivity index (χ4n) is 1.22. The van der Waals surface area contributed by atoms with Gasteiger partial charge in [0.2, 0.25) is 0 Å². The van der Waals surface area contributed by atoms with Crippen LogP contribution in [0.3, 0.4) is 0 Å². The van der Waals surface area contributed by atoms with E-state index < -0.39 is 5.60 Å². The number of carbonyl (C=O) groups excluding carboxylic acids is 1. The topological polar surface area (TPSA) is 29.5 Å². The van der Waals surface area contributed by atoms with Gasteiger partial charge in [0.15, 0.2) is 0 Å². The van der Waals surface area contributed by atoms with Gasteiger partial charge in [0, 0.05) is 13.1 Å². The van der Waals surface area contributed by atoms with Crippen molar-refractivity contribution in [3.63, 3.8) is 0 Å². The van der Waals surface area contributed by atoms with Crippen LogP contribution in [0.2, 0.25) is 0 Å². The number of hydrogen-bond donors (Lipinski definition) is 0. The molecular formula is C13H25NO2. The van der Waals surface area contributed by atoms with Crippen molar-refractivity contribution in [1.82, 2.24) is 4.90 Å². The van der Waals surface area contributed by atoms with Crippen LogP contribution in [0, 0.1) is 0 Å². The second-order valence-corrected chi connectivity index (χ2v) is 5.04. The summed E-state index contributed by atoms with van der Waals surface area (Å²) in [5, 5.41) is 0. The maximum Gasteiger partial charge on any atom is 0.410 e. The summed E-state index contributed by atoms with van der Waals surface area (Å²) < 4.78 is 5.36. The molecule has 3 nitrogen and oxygen atoms in total. The van der Waals surface area contributed by atoms with Crippen LogP contribution in [0.25, 0.3) is 0 Å². The van der Waals surface area contributed by atoms with E-state index in [9.17, 15) is 4.79 Å². The van der Waals surface area contributed by atoms with Gasteiger partial charge in [0.1, 0.15) is 5.60 Å². The fraction of sp³-hybridized carbons (Fsp3) is 0.769. The first kappa shape index (κ1) is 15.0. The summed E-state index contributed by atoms with van der Waals surface area (Å²) in [6.45, 7) is 13.1. The molecular weight excluding hydrogens is 202 g/mol. The molecule has 0 aromatic heterocycles. The lowest BCUT2D eigenvalue weighted by atomic mass is 10.2. The average molecular weight is 227 g/mol. The van der Waals surface area contributed by atoms with Gasteiger partial charge < -0.3 is 9.64 Å². The smallest absolute Gasteiger partial charge is 0.410 e. The van der Waals surface area contributed by atoms with Crippen molar-refractivity contribution < 1.29 is 9.53 Å². The van der Waals surface area contributed by atoms with E-state index in [0.29, 0.717) is 6.54 Å². The lowest BCUT2D eigenvalue weighted by molar-refractivity contribution is 0.0267. The maximum absolute atomic E-state index is 11.9. The number of ether oxygens (including phenoxy) is 1. The van der Waals surface area contributed by atoms with Gasteiger partial charge in [0.25, 0.3) is 0 Å². The number of allylic oxidation sites excluding steroid dienone is 1. The van der Waals surface area contributed by atoms with Crippen molar-refractivity contribution in [2.45, 2.75) is 53.6 Å². The van der Waals surface area contributed by atoms with E-state index in [1.54, 1.807) is 4.90 Å². The highest BCUT2D eigenvalue weighted by molar-refractivity contribution is 5.68. The van der Waals surface area contributed by atoms with E-state index in [1.807, 2.05) is 40.7 Å². The van der Waals surface area contributed by atoms with Crippen molar-refractivity contribution >= 4 is 6.09 Å².